The summed E-state index contributed by atoms with van der Waals surface area (Å²) in [6, 6.07) is 2.31. The van der Waals surface area contributed by atoms with E-state index in [9.17, 15) is 32.5 Å². The number of hydrogen-bond donors (Lipinski definition) is 1. The molecule has 1 amide bonds. The highest BCUT2D eigenvalue weighted by Crippen LogP contribution is 2.39. The van der Waals surface area contributed by atoms with Crippen LogP contribution >= 0.6 is 27.5 Å². The molecule has 36 heavy (non-hydrogen) atoms. The molecule has 4 aromatic rings. The van der Waals surface area contributed by atoms with Crippen LogP contribution in [-0.2, 0) is 6.18 Å². The Hall–Kier alpha value is -3.98. The van der Waals surface area contributed by atoms with Gasteiger partial charge in [-0.3, -0.25) is 19.9 Å². The van der Waals surface area contributed by atoms with Crippen LogP contribution in [0.25, 0.3) is 16.9 Å². The van der Waals surface area contributed by atoms with E-state index in [2.05, 4.69) is 41.4 Å². The van der Waals surface area contributed by atoms with E-state index >= 15 is 0 Å². The zero-order valence-electron chi connectivity index (χ0n) is 17.3. The molecule has 0 bridgehead atoms. The number of pyridine rings is 2. The smallest absolute Gasteiger partial charge is 0.321 e. The van der Waals surface area contributed by atoms with Crippen LogP contribution in [0.15, 0.2) is 53.7 Å². The summed E-state index contributed by atoms with van der Waals surface area (Å²) < 4.78 is 55.8. The number of alkyl halides is 3. The molecule has 3 heterocycles. The van der Waals surface area contributed by atoms with Crippen LogP contribution < -0.4 is 5.32 Å². The Morgan fingerprint density at radius 2 is 1.83 bits per heavy atom. The minimum Gasteiger partial charge on any atom is -0.321 e. The van der Waals surface area contributed by atoms with Gasteiger partial charge in [0, 0.05) is 11.8 Å². The molecule has 3 aromatic heterocycles. The number of carbonyl (C=O) groups excluding carboxylic acids is 1. The van der Waals surface area contributed by atoms with Crippen LogP contribution in [0, 0.1) is 15.9 Å². The van der Waals surface area contributed by atoms with Crippen molar-refractivity contribution in [2.45, 2.75) is 6.18 Å². The quantitative estimate of drug-likeness (QED) is 0.187. The van der Waals surface area contributed by atoms with Gasteiger partial charge in [0.2, 0.25) is 0 Å². The van der Waals surface area contributed by atoms with E-state index in [-0.39, 0.29) is 26.3 Å². The van der Waals surface area contributed by atoms with Gasteiger partial charge >= 0.3 is 6.18 Å². The number of hydrogen-bond acceptors (Lipinski definition) is 7. The lowest BCUT2D eigenvalue weighted by Gasteiger charge is -2.14. The molecule has 0 radical (unpaired) electrons. The summed E-state index contributed by atoms with van der Waals surface area (Å²) in [6.45, 7) is 0. The van der Waals surface area contributed by atoms with Crippen LogP contribution in [-0.4, -0.2) is 35.8 Å². The van der Waals surface area contributed by atoms with Gasteiger partial charge in [-0.1, -0.05) is 11.6 Å². The van der Waals surface area contributed by atoms with Crippen molar-refractivity contribution < 1.29 is 27.3 Å². The Morgan fingerprint density at radius 3 is 2.47 bits per heavy atom. The number of nitrogens with zero attached hydrogens (tertiary/aromatic N) is 6. The van der Waals surface area contributed by atoms with Crippen molar-refractivity contribution >= 4 is 44.8 Å². The molecular formula is C20H9BrClF4N7O3. The fourth-order valence-corrected chi connectivity index (χ4v) is 3.94. The largest absolute Gasteiger partial charge is 0.420 e. The molecule has 0 saturated carbocycles. The summed E-state index contributed by atoms with van der Waals surface area (Å²) in [5.41, 5.74) is -3.01. The van der Waals surface area contributed by atoms with Crippen LogP contribution in [0.2, 0.25) is 5.02 Å². The van der Waals surface area contributed by atoms with E-state index in [1.54, 1.807) is 0 Å². The van der Waals surface area contributed by atoms with Crippen molar-refractivity contribution in [3.63, 3.8) is 0 Å². The molecule has 184 valence electrons. The molecule has 0 fully saturated rings. The van der Waals surface area contributed by atoms with Gasteiger partial charge in [-0.2, -0.15) is 23.4 Å². The predicted octanol–water partition coefficient (Wildman–Crippen LogP) is 5.46. The highest BCUT2D eigenvalue weighted by Gasteiger charge is 2.36. The van der Waals surface area contributed by atoms with Crippen LogP contribution in [0.4, 0.5) is 28.9 Å². The summed E-state index contributed by atoms with van der Waals surface area (Å²) in [7, 11) is 0. The molecule has 0 aliphatic rings. The number of benzene rings is 1. The monoisotopic (exact) mass is 585 g/mol. The Balaban J connectivity index is 1.70. The van der Waals surface area contributed by atoms with Crippen molar-refractivity contribution in [3.05, 3.63) is 85.7 Å². The van der Waals surface area contributed by atoms with Gasteiger partial charge in [-0.25, -0.2) is 9.37 Å². The maximum Gasteiger partial charge on any atom is 0.420 e. The van der Waals surface area contributed by atoms with Crippen molar-refractivity contribution in [3.8, 4) is 16.9 Å². The molecule has 10 nitrogen and oxygen atoms in total. The van der Waals surface area contributed by atoms with Crippen LogP contribution in [0.3, 0.4) is 0 Å². The molecule has 0 atom stereocenters. The van der Waals surface area contributed by atoms with Crippen LogP contribution in [0.1, 0.15) is 15.9 Å². The normalized spacial score (nSPS) is 11.4. The summed E-state index contributed by atoms with van der Waals surface area (Å²) in [6.07, 6.45) is 0.524. The fourth-order valence-electron chi connectivity index (χ4n) is 3.16. The number of halogens is 6. The summed E-state index contributed by atoms with van der Waals surface area (Å²) >= 11 is 9.23. The van der Waals surface area contributed by atoms with Crippen molar-refractivity contribution in [1.82, 2.24) is 25.0 Å². The van der Waals surface area contributed by atoms with E-state index in [1.165, 1.54) is 6.20 Å². The van der Waals surface area contributed by atoms with E-state index < -0.39 is 45.5 Å². The second-order valence-corrected chi connectivity index (χ2v) is 8.21. The van der Waals surface area contributed by atoms with E-state index in [1.807, 2.05) is 0 Å². The molecule has 16 heteroatoms. The van der Waals surface area contributed by atoms with Gasteiger partial charge in [0.05, 0.1) is 49.8 Å². The van der Waals surface area contributed by atoms with Gasteiger partial charge in [0.15, 0.2) is 5.82 Å². The van der Waals surface area contributed by atoms with Gasteiger partial charge in [0.1, 0.15) is 17.6 Å². The standard InChI is InChI=1S/C20H9BrClF4N7O3/c21-13-7-27-8-16(33(35)36)17(13)11-4-14(22)10(5-15(11)23)19(34)31-9-3-12(20(24,25)26)18(28-6-9)32-29-1-2-30-32/h1-8H,(H,31,34). The van der Waals surface area contributed by atoms with Gasteiger partial charge in [0.25, 0.3) is 11.6 Å². The Bertz CT molecular complexity index is 1500. The lowest BCUT2D eigenvalue weighted by molar-refractivity contribution is -0.384. The van der Waals surface area contributed by atoms with Gasteiger partial charge in [-0.15, -0.1) is 4.80 Å². The number of aromatic nitrogens is 5. The third-order valence-electron chi connectivity index (χ3n) is 4.69. The van der Waals surface area contributed by atoms with E-state index in [0.717, 1.165) is 30.9 Å². The highest BCUT2D eigenvalue weighted by molar-refractivity contribution is 9.10. The molecule has 0 aliphatic heterocycles. The SMILES string of the molecule is O=C(Nc1cnc(-n2nccn2)c(C(F)(F)F)c1)c1cc(F)c(-c2c(Br)cncc2[N+](=O)[O-])cc1Cl. The van der Waals surface area contributed by atoms with E-state index in [4.69, 9.17) is 11.6 Å². The number of rotatable bonds is 5. The first-order chi connectivity index (χ1) is 17.0. The summed E-state index contributed by atoms with van der Waals surface area (Å²) in [5.74, 6) is -2.72. The van der Waals surface area contributed by atoms with Crippen molar-refractivity contribution in [2.24, 2.45) is 0 Å². The maximum atomic E-state index is 15.0. The molecule has 0 spiro atoms. The Labute approximate surface area is 211 Å². The molecular weight excluding hydrogens is 578 g/mol. The molecule has 0 aliphatic carbocycles. The average Bonchev–Trinajstić information content (AvgIpc) is 3.34. The second kappa shape index (κ2) is 9.58. The number of carbonyl (C=O) groups is 1. The zero-order valence-corrected chi connectivity index (χ0v) is 19.6. The Morgan fingerprint density at radius 1 is 1.14 bits per heavy atom. The molecule has 4 rings (SSSR count). The minimum atomic E-state index is -4.87. The average molecular weight is 587 g/mol. The first-order valence-electron chi connectivity index (χ1n) is 9.50. The van der Waals surface area contributed by atoms with Crippen molar-refractivity contribution in [2.75, 3.05) is 5.32 Å². The summed E-state index contributed by atoms with van der Waals surface area (Å²) in [4.78, 5) is 31.3. The molecule has 1 N–H and O–H groups in total. The minimum absolute atomic E-state index is 0.0985. The number of amides is 1. The van der Waals surface area contributed by atoms with Gasteiger partial charge in [-0.05, 0) is 34.1 Å². The first kappa shape index (κ1) is 25.1. The third kappa shape index (κ3) is 4.87. The molecule has 0 saturated heterocycles. The van der Waals surface area contributed by atoms with Gasteiger partial charge < -0.3 is 5.32 Å². The maximum absolute atomic E-state index is 15.0. The first-order valence-corrected chi connectivity index (χ1v) is 10.7. The van der Waals surface area contributed by atoms with E-state index in [0.29, 0.717) is 16.9 Å². The zero-order chi connectivity index (χ0) is 26.2. The number of nitro groups is 1. The molecule has 1 aromatic carbocycles. The Kier molecular flexibility index (Phi) is 6.69. The topological polar surface area (TPSA) is 129 Å². The number of anilines is 1. The predicted molar refractivity (Wildman–Crippen MR) is 121 cm³/mol. The second-order valence-electron chi connectivity index (χ2n) is 6.95. The van der Waals surface area contributed by atoms with Crippen molar-refractivity contribution in [1.29, 1.82) is 0 Å². The lowest BCUT2D eigenvalue weighted by atomic mass is 10.0. The molecule has 0 unspecified atom stereocenters. The fraction of sp³-hybridized carbons (Fsp3) is 0.0500. The highest BCUT2D eigenvalue weighted by atomic mass is 79.9. The van der Waals surface area contributed by atoms with Crippen LogP contribution in [0.5, 0.6) is 0 Å². The summed E-state index contributed by atoms with van der Waals surface area (Å²) in [5, 5.41) is 20.5. The number of nitrogens with one attached hydrogen (secondary N) is 1. The lowest BCUT2D eigenvalue weighted by Crippen LogP contribution is -2.17. The third-order valence-corrected chi connectivity index (χ3v) is 5.60.